The summed E-state index contributed by atoms with van der Waals surface area (Å²) in [6, 6.07) is 28.0. The highest BCUT2D eigenvalue weighted by molar-refractivity contribution is 6.30. The lowest BCUT2D eigenvalue weighted by molar-refractivity contribution is 0.449. The molecular weight excluding hydrogens is 366 g/mol. The number of halogens is 1. The summed E-state index contributed by atoms with van der Waals surface area (Å²) in [6.45, 7) is 4.42. The summed E-state index contributed by atoms with van der Waals surface area (Å²) in [5.41, 5.74) is 2.19. The Morgan fingerprint density at radius 2 is 1.61 bits per heavy atom. The third kappa shape index (κ3) is 5.15. The van der Waals surface area contributed by atoms with E-state index in [9.17, 15) is 5.26 Å². The molecule has 1 atom stereocenters. The van der Waals surface area contributed by atoms with Crippen LogP contribution in [0, 0.1) is 11.3 Å². The van der Waals surface area contributed by atoms with Gasteiger partial charge in [0.2, 0.25) is 0 Å². The lowest BCUT2D eigenvalue weighted by atomic mass is 9.78. The molecule has 0 aliphatic heterocycles. The van der Waals surface area contributed by atoms with E-state index in [0.29, 0.717) is 0 Å². The van der Waals surface area contributed by atoms with E-state index in [1.807, 2.05) is 66.7 Å². The van der Waals surface area contributed by atoms with Crippen LogP contribution in [-0.4, -0.2) is 0 Å². The van der Waals surface area contributed by atoms with Crippen molar-refractivity contribution in [2.45, 2.75) is 38.0 Å². The van der Waals surface area contributed by atoms with Gasteiger partial charge in [0.1, 0.15) is 11.5 Å². The zero-order valence-corrected chi connectivity index (χ0v) is 17.0. The second-order valence-electron chi connectivity index (χ2n) is 7.60. The predicted octanol–water partition coefficient (Wildman–Crippen LogP) is 7.50. The number of benzene rings is 3. The van der Waals surface area contributed by atoms with E-state index in [4.69, 9.17) is 16.3 Å². The average Bonchev–Trinajstić information content (AvgIpc) is 2.70. The van der Waals surface area contributed by atoms with Crippen molar-refractivity contribution in [1.29, 1.82) is 5.26 Å². The van der Waals surface area contributed by atoms with E-state index in [1.165, 1.54) is 5.56 Å². The maximum Gasteiger partial charge on any atom is 0.127 e. The maximum absolute atomic E-state index is 9.76. The van der Waals surface area contributed by atoms with E-state index in [0.717, 1.165) is 34.9 Å². The Labute approximate surface area is 172 Å². The molecule has 2 nitrogen and oxygen atoms in total. The first-order chi connectivity index (χ1) is 13.5. The van der Waals surface area contributed by atoms with Crippen LogP contribution in [0.25, 0.3) is 0 Å². The Kier molecular flexibility index (Phi) is 6.39. The van der Waals surface area contributed by atoms with Gasteiger partial charge in [0.25, 0.3) is 0 Å². The Morgan fingerprint density at radius 3 is 2.29 bits per heavy atom. The molecule has 3 heteroatoms. The molecule has 0 aliphatic rings. The molecule has 0 bridgehead atoms. The van der Waals surface area contributed by atoms with Crippen LogP contribution in [0.5, 0.6) is 11.5 Å². The quantitative estimate of drug-likeness (QED) is 0.419. The van der Waals surface area contributed by atoms with E-state index in [2.05, 4.69) is 32.0 Å². The van der Waals surface area contributed by atoms with E-state index < -0.39 is 0 Å². The van der Waals surface area contributed by atoms with Crippen LogP contribution in [0.2, 0.25) is 5.02 Å². The molecule has 0 aromatic heterocycles. The SMILES string of the molecule is CC(C)(CCC(C#N)c1cccc(Oc2ccccc2)c1)c1ccc(Cl)cc1. The molecule has 0 saturated heterocycles. The minimum atomic E-state index is -0.175. The third-order valence-electron chi connectivity index (χ3n) is 5.08. The minimum absolute atomic E-state index is 0.0299. The number of ether oxygens (including phenoxy) is 1. The van der Waals surface area contributed by atoms with Crippen LogP contribution in [-0.2, 0) is 5.41 Å². The zero-order valence-electron chi connectivity index (χ0n) is 16.2. The monoisotopic (exact) mass is 389 g/mol. The van der Waals surface area contributed by atoms with Gasteiger partial charge >= 0.3 is 0 Å². The molecule has 0 amide bonds. The molecule has 3 aromatic carbocycles. The van der Waals surface area contributed by atoms with Crippen LogP contribution < -0.4 is 4.74 Å². The van der Waals surface area contributed by atoms with Gasteiger partial charge in [-0.25, -0.2) is 0 Å². The third-order valence-corrected chi connectivity index (χ3v) is 5.33. The van der Waals surface area contributed by atoms with Crippen LogP contribution in [0.3, 0.4) is 0 Å². The van der Waals surface area contributed by atoms with E-state index in [-0.39, 0.29) is 11.3 Å². The molecule has 0 spiro atoms. The van der Waals surface area contributed by atoms with Gasteiger partial charge in [0.05, 0.1) is 12.0 Å². The Morgan fingerprint density at radius 1 is 0.929 bits per heavy atom. The van der Waals surface area contributed by atoms with Gasteiger partial charge in [-0.1, -0.05) is 67.9 Å². The number of hydrogen-bond acceptors (Lipinski definition) is 2. The second kappa shape index (κ2) is 8.95. The topological polar surface area (TPSA) is 33.0 Å². The van der Waals surface area contributed by atoms with Crippen molar-refractivity contribution in [3.8, 4) is 17.6 Å². The van der Waals surface area contributed by atoms with Crippen molar-refractivity contribution < 1.29 is 4.74 Å². The zero-order chi connectivity index (χ0) is 20.0. The van der Waals surface area contributed by atoms with E-state index >= 15 is 0 Å². The fourth-order valence-corrected chi connectivity index (χ4v) is 3.40. The summed E-state index contributed by atoms with van der Waals surface area (Å²) in [5.74, 6) is 1.36. The van der Waals surface area contributed by atoms with Gasteiger partial charge in [0.15, 0.2) is 0 Å². The highest BCUT2D eigenvalue weighted by atomic mass is 35.5. The first-order valence-corrected chi connectivity index (χ1v) is 9.84. The lowest BCUT2D eigenvalue weighted by Gasteiger charge is -2.26. The molecule has 3 rings (SSSR count). The van der Waals surface area contributed by atoms with Gasteiger partial charge in [-0.05, 0) is 65.8 Å². The van der Waals surface area contributed by atoms with Crippen LogP contribution in [0.4, 0.5) is 0 Å². The van der Waals surface area contributed by atoms with Crippen molar-refractivity contribution in [3.63, 3.8) is 0 Å². The molecule has 0 heterocycles. The molecule has 142 valence electrons. The van der Waals surface area contributed by atoms with Crippen molar-refractivity contribution >= 4 is 11.6 Å². The maximum atomic E-state index is 9.76. The number of rotatable bonds is 7. The Hall–Kier alpha value is -2.76. The lowest BCUT2D eigenvalue weighted by Crippen LogP contribution is -2.18. The summed E-state index contributed by atoms with van der Waals surface area (Å²) < 4.78 is 5.92. The molecule has 3 aromatic rings. The van der Waals surface area contributed by atoms with Crippen LogP contribution in [0.15, 0.2) is 78.9 Å². The van der Waals surface area contributed by atoms with Crippen LogP contribution in [0.1, 0.15) is 43.7 Å². The van der Waals surface area contributed by atoms with Gasteiger partial charge < -0.3 is 4.74 Å². The number of hydrogen-bond donors (Lipinski definition) is 0. The highest BCUT2D eigenvalue weighted by Crippen LogP contribution is 2.34. The summed E-state index contributed by atoms with van der Waals surface area (Å²) in [7, 11) is 0. The Balaban J connectivity index is 1.70. The molecule has 0 radical (unpaired) electrons. The minimum Gasteiger partial charge on any atom is -0.457 e. The standard InChI is InChI=1S/C25H24ClNO/c1-25(2,21-11-13-22(26)14-12-21)16-15-20(18-27)19-7-6-10-24(17-19)28-23-8-4-3-5-9-23/h3-14,17,20H,15-16H2,1-2H3. The van der Waals surface area contributed by atoms with Gasteiger partial charge in [-0.2, -0.15) is 5.26 Å². The average molecular weight is 390 g/mol. The molecule has 1 unspecified atom stereocenters. The van der Waals surface area contributed by atoms with Crippen LogP contribution >= 0.6 is 11.6 Å². The first-order valence-electron chi connectivity index (χ1n) is 9.46. The molecule has 0 fully saturated rings. The highest BCUT2D eigenvalue weighted by Gasteiger charge is 2.23. The molecule has 0 aliphatic carbocycles. The van der Waals surface area contributed by atoms with Crippen molar-refractivity contribution in [2.24, 2.45) is 0 Å². The van der Waals surface area contributed by atoms with Crippen molar-refractivity contribution in [2.75, 3.05) is 0 Å². The van der Waals surface area contributed by atoms with Gasteiger partial charge in [-0.15, -0.1) is 0 Å². The molecule has 28 heavy (non-hydrogen) atoms. The predicted molar refractivity (Wildman–Crippen MR) is 115 cm³/mol. The normalized spacial score (nSPS) is 12.2. The fourth-order valence-electron chi connectivity index (χ4n) is 3.28. The smallest absolute Gasteiger partial charge is 0.127 e. The van der Waals surface area contributed by atoms with Gasteiger partial charge in [0, 0.05) is 5.02 Å². The number of nitrogens with zero attached hydrogens (tertiary/aromatic N) is 1. The van der Waals surface area contributed by atoms with Crippen molar-refractivity contribution in [1.82, 2.24) is 0 Å². The summed E-state index contributed by atoms with van der Waals surface area (Å²) in [4.78, 5) is 0. The largest absolute Gasteiger partial charge is 0.457 e. The van der Waals surface area contributed by atoms with Gasteiger partial charge in [-0.3, -0.25) is 0 Å². The summed E-state index contributed by atoms with van der Waals surface area (Å²) in [6.07, 6.45) is 1.68. The van der Waals surface area contributed by atoms with E-state index in [1.54, 1.807) is 0 Å². The summed E-state index contributed by atoms with van der Waals surface area (Å²) in [5, 5.41) is 10.5. The molecule has 0 N–H and O–H groups in total. The Bertz CT molecular complexity index is 942. The van der Waals surface area contributed by atoms with Crippen molar-refractivity contribution in [3.05, 3.63) is 95.0 Å². The second-order valence-corrected chi connectivity index (χ2v) is 8.04. The number of nitriles is 1. The summed E-state index contributed by atoms with van der Waals surface area (Å²) >= 11 is 6.01. The molecule has 0 saturated carbocycles. The number of para-hydroxylation sites is 1. The molecular formula is C25H24ClNO. The first kappa shape index (κ1) is 20.0. The fraction of sp³-hybridized carbons (Fsp3) is 0.240.